The molecule has 1 heterocycles. The van der Waals surface area contributed by atoms with Gasteiger partial charge in [0, 0.05) is 67.7 Å². The van der Waals surface area contributed by atoms with Crippen LogP contribution >= 0.6 is 24.4 Å². The summed E-state index contributed by atoms with van der Waals surface area (Å²) in [5.41, 5.74) is 10.9. The predicted octanol–water partition coefficient (Wildman–Crippen LogP) is -2.57. The Bertz CT molecular complexity index is 2740. The van der Waals surface area contributed by atoms with Crippen molar-refractivity contribution in [2.45, 2.75) is 131 Å². The number of likely N-dealkylation sites (tertiary alicyclic amines) is 1. The monoisotopic (exact) mass is 1470 g/mol. The van der Waals surface area contributed by atoms with E-state index in [1.54, 1.807) is 56.8 Å². The highest BCUT2D eigenvalue weighted by Gasteiger charge is 2.37. The summed E-state index contributed by atoms with van der Waals surface area (Å²) < 4.78 is 37.1. The van der Waals surface area contributed by atoms with Crippen molar-refractivity contribution in [1.82, 2.24) is 58.1 Å². The van der Waals surface area contributed by atoms with Crippen molar-refractivity contribution in [1.29, 1.82) is 0 Å². The Labute approximate surface area is 602 Å². The van der Waals surface area contributed by atoms with Crippen LogP contribution in [0.4, 0.5) is 0 Å². The van der Waals surface area contributed by atoms with Gasteiger partial charge in [-0.2, -0.15) is 24.4 Å². The van der Waals surface area contributed by atoms with E-state index in [-0.39, 0.29) is 172 Å². The second kappa shape index (κ2) is 52.0. The van der Waals surface area contributed by atoms with Gasteiger partial charge in [0.05, 0.1) is 79.2 Å². The van der Waals surface area contributed by atoms with Crippen LogP contribution in [-0.4, -0.2) is 274 Å². The first-order valence-corrected chi connectivity index (χ1v) is 35.7. The number of ether oxygens (including phenoxy) is 7. The molecule has 0 aliphatic carbocycles. The van der Waals surface area contributed by atoms with Crippen LogP contribution in [0.1, 0.15) is 104 Å². The number of hydrogen-bond acceptors (Lipinski definition) is 23. The number of benzene rings is 1. The zero-order valence-corrected chi connectivity index (χ0v) is 62.3. The molecule has 0 aromatic heterocycles. The zero-order chi connectivity index (χ0) is 75.9. The lowest BCUT2D eigenvalue weighted by Crippen LogP contribution is -2.55. The van der Waals surface area contributed by atoms with Gasteiger partial charge in [0.1, 0.15) is 56.6 Å². The van der Waals surface area contributed by atoms with Gasteiger partial charge in [-0.25, -0.2) is 0 Å². The SMILES string of the molecule is CSC[C@H](NC(=O)CNC(=O)[C@H](CC(C)C)NC(=O)[C@@H]1CCCN1C(=O)COCCNC(=O)[C@H](Cc1ccc(C(C)=O)cc1)NC(=O)COCCOCCN)C(C)(C)C.C[C@H](NC(=O)C(C)(C)C)C(=O)NCC(=O)NCCOCCOCC(=O)NCCOCCOCC(=O)N[C@H](CS)C(N)=O. The predicted molar refractivity (Wildman–Crippen MR) is 380 cm³/mol. The Balaban J connectivity index is 0.00000107. The molecule has 1 saturated heterocycles. The minimum atomic E-state index is -0.974. The van der Waals surface area contributed by atoms with E-state index >= 15 is 0 Å². The first-order chi connectivity index (χ1) is 47.7. The lowest BCUT2D eigenvalue weighted by molar-refractivity contribution is -0.142. The van der Waals surface area contributed by atoms with Crippen molar-refractivity contribution in [3.8, 4) is 0 Å². The molecular formula is C66H113N13O20S2. The van der Waals surface area contributed by atoms with E-state index in [4.69, 9.17) is 44.6 Å². The van der Waals surface area contributed by atoms with Crippen LogP contribution in [0.5, 0.6) is 0 Å². The van der Waals surface area contributed by atoms with Crippen LogP contribution in [-0.2, 0) is 97.1 Å². The number of hydrogen-bond donors (Lipinski definition) is 13. The summed E-state index contributed by atoms with van der Waals surface area (Å²) in [6.07, 6.45) is 3.43. The number of amides is 12. The number of rotatable bonds is 50. The van der Waals surface area contributed by atoms with E-state index in [1.807, 2.05) is 40.9 Å². The lowest BCUT2D eigenvalue weighted by Gasteiger charge is -2.31. The number of nitrogens with one attached hydrogen (secondary N) is 10. The normalized spacial score (nSPS) is 14.3. The fourth-order valence-electron chi connectivity index (χ4n) is 8.81. The Morgan fingerprint density at radius 3 is 1.59 bits per heavy atom. The average Bonchev–Trinajstić information content (AvgIpc) is 1.74. The summed E-state index contributed by atoms with van der Waals surface area (Å²) in [5, 5.41) is 26.5. The van der Waals surface area contributed by atoms with Crippen molar-refractivity contribution in [3.05, 3.63) is 35.4 Å². The smallest absolute Gasteiger partial charge is 0.249 e. The van der Waals surface area contributed by atoms with Gasteiger partial charge in [-0.05, 0) is 56.3 Å². The van der Waals surface area contributed by atoms with Gasteiger partial charge in [0.2, 0.25) is 70.9 Å². The van der Waals surface area contributed by atoms with Crippen LogP contribution in [0.15, 0.2) is 24.3 Å². The summed E-state index contributed by atoms with van der Waals surface area (Å²) in [4.78, 5) is 162. The summed E-state index contributed by atoms with van der Waals surface area (Å²) in [6, 6.07) is 2.33. The third-order valence-electron chi connectivity index (χ3n) is 14.5. The van der Waals surface area contributed by atoms with Crippen LogP contribution in [0, 0.1) is 16.7 Å². The van der Waals surface area contributed by atoms with Gasteiger partial charge < -0.3 is 103 Å². The zero-order valence-electron chi connectivity index (χ0n) is 60.6. The second-order valence-corrected chi connectivity index (χ2v) is 27.1. The first kappa shape index (κ1) is 91.9. The molecule has 1 aliphatic rings. The summed E-state index contributed by atoms with van der Waals surface area (Å²) in [7, 11) is 0. The molecule has 101 heavy (non-hydrogen) atoms. The number of primary amides is 1. The molecule has 0 spiro atoms. The summed E-state index contributed by atoms with van der Waals surface area (Å²) >= 11 is 5.55. The molecule has 1 fully saturated rings. The molecule has 0 radical (unpaired) electrons. The molecule has 14 N–H and O–H groups in total. The Morgan fingerprint density at radius 1 is 0.574 bits per heavy atom. The molecule has 1 aliphatic heterocycles. The van der Waals surface area contributed by atoms with Gasteiger partial charge in [0.15, 0.2) is 5.78 Å². The van der Waals surface area contributed by atoms with Gasteiger partial charge in [-0.1, -0.05) is 79.7 Å². The van der Waals surface area contributed by atoms with Crippen molar-refractivity contribution in [2.75, 3.05) is 156 Å². The number of carbonyl (C=O) groups excluding carboxylic acids is 13. The molecule has 1 aromatic carbocycles. The third-order valence-corrected chi connectivity index (χ3v) is 15.5. The molecule has 12 amide bonds. The molecule has 574 valence electrons. The minimum Gasteiger partial charge on any atom is -0.378 e. The van der Waals surface area contributed by atoms with E-state index in [1.165, 1.54) is 18.7 Å². The largest absolute Gasteiger partial charge is 0.378 e. The highest BCUT2D eigenvalue weighted by atomic mass is 32.2. The van der Waals surface area contributed by atoms with E-state index in [0.717, 1.165) is 5.75 Å². The van der Waals surface area contributed by atoms with E-state index < -0.39 is 88.8 Å². The maximum atomic E-state index is 13.5. The van der Waals surface area contributed by atoms with Crippen LogP contribution in [0.25, 0.3) is 0 Å². The maximum Gasteiger partial charge on any atom is 0.249 e. The Kier molecular flexibility index (Phi) is 47.3. The van der Waals surface area contributed by atoms with Gasteiger partial charge in [-0.15, -0.1) is 0 Å². The van der Waals surface area contributed by atoms with Gasteiger partial charge in [-0.3, -0.25) is 62.3 Å². The maximum absolute atomic E-state index is 13.5. The number of Topliss-reactive ketones (excluding diaryl/α,β-unsaturated/α-hetero) is 1. The number of ketones is 1. The number of nitrogens with two attached hydrogens (primary N) is 2. The van der Waals surface area contributed by atoms with Crippen molar-refractivity contribution >= 4 is 101 Å². The number of thiol groups is 1. The highest BCUT2D eigenvalue weighted by Crippen LogP contribution is 2.22. The third kappa shape index (κ3) is 42.8. The summed E-state index contributed by atoms with van der Waals surface area (Å²) in [5.74, 6) is -4.56. The minimum absolute atomic E-state index is 0.0269. The topological polar surface area (TPSA) is 462 Å². The molecule has 1 aromatic rings. The number of nitrogens with zero attached hydrogens (tertiary/aromatic N) is 1. The fraction of sp³-hybridized carbons (Fsp3) is 0.712. The van der Waals surface area contributed by atoms with Crippen molar-refractivity contribution < 1.29 is 95.5 Å². The molecule has 0 bridgehead atoms. The molecular weight excluding hydrogens is 1360 g/mol. The number of carbonyl (C=O) groups is 13. The quantitative estimate of drug-likeness (QED) is 0.0181. The fourth-order valence-corrected chi connectivity index (χ4v) is 9.99. The molecule has 0 saturated carbocycles. The lowest BCUT2D eigenvalue weighted by atomic mass is 9.88. The van der Waals surface area contributed by atoms with E-state index in [2.05, 4.69) is 65.8 Å². The first-order valence-electron chi connectivity index (χ1n) is 33.6. The van der Waals surface area contributed by atoms with Crippen LogP contribution in [0.2, 0.25) is 0 Å². The Morgan fingerprint density at radius 2 is 1.07 bits per heavy atom. The van der Waals surface area contributed by atoms with Gasteiger partial charge in [0.25, 0.3) is 0 Å². The van der Waals surface area contributed by atoms with Crippen molar-refractivity contribution in [3.63, 3.8) is 0 Å². The second-order valence-electron chi connectivity index (χ2n) is 25.9. The van der Waals surface area contributed by atoms with Crippen LogP contribution < -0.4 is 64.6 Å². The number of thioether (sulfide) groups is 1. The highest BCUT2D eigenvalue weighted by molar-refractivity contribution is 7.98. The Hall–Kier alpha value is -7.09. The molecule has 0 unspecified atom stereocenters. The average molecular weight is 1470 g/mol. The van der Waals surface area contributed by atoms with Crippen LogP contribution in [0.3, 0.4) is 0 Å². The molecule has 33 nitrogen and oxygen atoms in total. The molecule has 6 atom stereocenters. The van der Waals surface area contributed by atoms with E-state index in [0.29, 0.717) is 50.1 Å². The molecule has 2 rings (SSSR count). The van der Waals surface area contributed by atoms with Crippen molar-refractivity contribution in [2.24, 2.45) is 28.2 Å². The summed E-state index contributed by atoms with van der Waals surface area (Å²) in [6.45, 7) is 19.8. The standard InChI is InChI=1S/C41H67N7O10S.C25H46N6O10S/c1-27(2)21-31(39(54)44-23-35(50)47-34(26-59-7)41(4,5)6)46-40(55)33-9-8-16-48(33)37(52)25-57-18-15-43-38(53)32(22-29-10-12-30(13-11-29)28(3)49)45-36(51)24-58-20-19-56-17-14-42;1-17(30-24(37)25(2,3)4)23(36)29-13-19(32)27-5-7-38-9-11-40-14-20(33)28-6-8-39-10-12-41-15-21(34)31-18(16-42)22(26)35/h10-13,27,31-34H,8-9,14-26,42H2,1-7H3,(H,43,53)(H,44,54)(H,45,51)(H,46,55)(H,47,50);17-18,42H,5-16H2,1-4H3,(H2,26,35)(H,27,32)(H,28,33)(H,29,36)(H,30,37)(H,31,34)/t31-,32-,33-,34-;17-,18+/m00/s1. The molecule has 35 heteroatoms. The van der Waals surface area contributed by atoms with Gasteiger partial charge >= 0.3 is 0 Å². The van der Waals surface area contributed by atoms with E-state index in [9.17, 15) is 62.3 Å².